The standard InChI is InChI=1S/C17H34N2O10/c1-23-16-13(18)15(21)14(20)12(29-16)11-28-10-9-27-8-7-26-6-5-25-4-3-19-17(22)24-2/h12-16,20-21H,3-11,18H2,1-2H3,(H,19,22)/t12-,13-,14+,15-,16-/m1/s1. The van der Waals surface area contributed by atoms with Gasteiger partial charge < -0.3 is 54.4 Å². The van der Waals surface area contributed by atoms with E-state index in [2.05, 4.69) is 10.1 Å². The minimum atomic E-state index is -1.15. The molecule has 1 rings (SSSR count). The zero-order valence-corrected chi connectivity index (χ0v) is 17.0. The number of nitrogens with two attached hydrogens (primary N) is 1. The van der Waals surface area contributed by atoms with Gasteiger partial charge in [-0.1, -0.05) is 0 Å². The molecule has 0 aromatic heterocycles. The first-order chi connectivity index (χ1) is 14.0. The van der Waals surface area contributed by atoms with Gasteiger partial charge in [0.25, 0.3) is 0 Å². The maximum absolute atomic E-state index is 10.8. The molecule has 1 aliphatic rings. The molecule has 172 valence electrons. The third-order valence-electron chi connectivity index (χ3n) is 4.08. The summed E-state index contributed by atoms with van der Waals surface area (Å²) in [6.07, 6.45) is -4.33. The van der Waals surface area contributed by atoms with Crippen molar-refractivity contribution in [3.05, 3.63) is 0 Å². The molecule has 0 saturated carbocycles. The van der Waals surface area contributed by atoms with Gasteiger partial charge in [-0.3, -0.25) is 0 Å². The maximum Gasteiger partial charge on any atom is 0.406 e. The summed E-state index contributed by atoms with van der Waals surface area (Å²) in [5.41, 5.74) is 5.72. The molecule has 1 fully saturated rings. The van der Waals surface area contributed by atoms with Crippen molar-refractivity contribution in [2.24, 2.45) is 5.73 Å². The Hall–Kier alpha value is -1.09. The van der Waals surface area contributed by atoms with Gasteiger partial charge in [-0.2, -0.15) is 0 Å². The monoisotopic (exact) mass is 426 g/mol. The Labute approximate surface area is 170 Å². The van der Waals surface area contributed by atoms with Crippen LogP contribution in [0.4, 0.5) is 4.79 Å². The van der Waals surface area contributed by atoms with Crippen LogP contribution in [0.3, 0.4) is 0 Å². The second kappa shape index (κ2) is 15.7. The summed E-state index contributed by atoms with van der Waals surface area (Å²) < 4.78 is 36.3. The van der Waals surface area contributed by atoms with Gasteiger partial charge >= 0.3 is 6.09 Å². The molecular formula is C17H34N2O10. The number of ether oxygens (including phenoxy) is 7. The lowest BCUT2D eigenvalue weighted by molar-refractivity contribution is -0.261. The van der Waals surface area contributed by atoms with Gasteiger partial charge in [0.2, 0.25) is 0 Å². The van der Waals surface area contributed by atoms with Crippen molar-refractivity contribution < 1.29 is 48.2 Å². The number of alkyl carbamates (subject to hydrolysis) is 1. The molecule has 5 N–H and O–H groups in total. The summed E-state index contributed by atoms with van der Waals surface area (Å²) in [7, 11) is 2.71. The number of rotatable bonds is 15. The van der Waals surface area contributed by atoms with Crippen molar-refractivity contribution in [1.82, 2.24) is 5.32 Å². The smallest absolute Gasteiger partial charge is 0.406 e. The van der Waals surface area contributed by atoms with E-state index in [-0.39, 0.29) is 6.61 Å². The molecule has 0 bridgehead atoms. The predicted molar refractivity (Wildman–Crippen MR) is 99.3 cm³/mol. The molecule has 0 unspecified atom stereocenters. The summed E-state index contributed by atoms with van der Waals surface area (Å²) in [5, 5.41) is 22.4. The Morgan fingerprint density at radius 2 is 1.48 bits per heavy atom. The highest BCUT2D eigenvalue weighted by atomic mass is 16.7. The van der Waals surface area contributed by atoms with Crippen molar-refractivity contribution in [2.45, 2.75) is 30.6 Å². The summed E-state index contributed by atoms with van der Waals surface area (Å²) >= 11 is 0. The molecule has 1 saturated heterocycles. The van der Waals surface area contributed by atoms with E-state index in [1.54, 1.807) is 0 Å². The van der Waals surface area contributed by atoms with Gasteiger partial charge in [-0.05, 0) is 0 Å². The molecule has 12 heteroatoms. The summed E-state index contributed by atoms with van der Waals surface area (Å²) in [6, 6.07) is -0.823. The lowest BCUT2D eigenvalue weighted by Gasteiger charge is -2.40. The van der Waals surface area contributed by atoms with Crippen LogP contribution >= 0.6 is 0 Å². The second-order valence-electron chi connectivity index (χ2n) is 6.17. The molecule has 1 heterocycles. The van der Waals surface area contributed by atoms with Gasteiger partial charge in [0.15, 0.2) is 6.29 Å². The van der Waals surface area contributed by atoms with Gasteiger partial charge in [0, 0.05) is 13.7 Å². The van der Waals surface area contributed by atoms with E-state index in [1.165, 1.54) is 14.2 Å². The fourth-order valence-electron chi connectivity index (χ4n) is 2.46. The normalized spacial score (nSPS) is 27.0. The lowest BCUT2D eigenvalue weighted by Crippen LogP contribution is -2.62. The second-order valence-corrected chi connectivity index (χ2v) is 6.17. The first-order valence-corrected chi connectivity index (χ1v) is 9.44. The van der Waals surface area contributed by atoms with Crippen LogP contribution in [0.5, 0.6) is 0 Å². The summed E-state index contributed by atoms with van der Waals surface area (Å²) in [5.74, 6) is 0. The molecule has 29 heavy (non-hydrogen) atoms. The minimum absolute atomic E-state index is 0.0762. The van der Waals surface area contributed by atoms with E-state index in [4.69, 9.17) is 34.2 Å². The molecule has 1 amide bonds. The van der Waals surface area contributed by atoms with E-state index >= 15 is 0 Å². The van der Waals surface area contributed by atoms with E-state index in [1.807, 2.05) is 0 Å². The minimum Gasteiger partial charge on any atom is -0.453 e. The molecular weight excluding hydrogens is 392 g/mol. The van der Waals surface area contributed by atoms with Gasteiger partial charge in [0.1, 0.15) is 18.3 Å². The number of methoxy groups -OCH3 is 2. The van der Waals surface area contributed by atoms with Crippen molar-refractivity contribution in [3.8, 4) is 0 Å². The third kappa shape index (κ3) is 10.5. The number of aliphatic hydroxyl groups is 2. The molecule has 0 aromatic rings. The zero-order chi connectivity index (χ0) is 21.5. The lowest BCUT2D eigenvalue weighted by atomic mass is 9.98. The number of carbonyl (C=O) groups excluding carboxylic acids is 1. The molecule has 1 aliphatic heterocycles. The van der Waals surface area contributed by atoms with Gasteiger partial charge in [-0.15, -0.1) is 0 Å². The highest BCUT2D eigenvalue weighted by molar-refractivity contribution is 5.66. The van der Waals surface area contributed by atoms with Crippen molar-refractivity contribution in [2.75, 3.05) is 73.6 Å². The van der Waals surface area contributed by atoms with Crippen molar-refractivity contribution >= 4 is 6.09 Å². The van der Waals surface area contributed by atoms with Crippen LogP contribution in [0.2, 0.25) is 0 Å². The van der Waals surface area contributed by atoms with Gasteiger partial charge in [0.05, 0.1) is 66.0 Å². The van der Waals surface area contributed by atoms with Crippen LogP contribution in [0.25, 0.3) is 0 Å². The number of hydrogen-bond donors (Lipinski definition) is 4. The van der Waals surface area contributed by atoms with Crippen LogP contribution in [-0.2, 0) is 33.2 Å². The molecule has 5 atom stereocenters. The topological polar surface area (TPSA) is 160 Å². The number of carbonyl (C=O) groups is 1. The molecule has 0 spiro atoms. The van der Waals surface area contributed by atoms with Gasteiger partial charge in [-0.25, -0.2) is 4.79 Å². The number of aliphatic hydroxyl groups excluding tert-OH is 2. The SMILES string of the molecule is COC(=O)NCCOCCOCCOCCOC[C@H]1O[C@@H](OC)[C@H](N)[C@@H](O)[C@H]1O. The number of hydrogen-bond acceptors (Lipinski definition) is 11. The zero-order valence-electron chi connectivity index (χ0n) is 17.0. The van der Waals surface area contributed by atoms with E-state index in [0.29, 0.717) is 52.8 Å². The Bertz CT molecular complexity index is 429. The average Bonchev–Trinajstić information content (AvgIpc) is 2.73. The van der Waals surface area contributed by atoms with Crippen LogP contribution in [0, 0.1) is 0 Å². The Morgan fingerprint density at radius 1 is 0.931 bits per heavy atom. The largest absolute Gasteiger partial charge is 0.453 e. The average molecular weight is 426 g/mol. The maximum atomic E-state index is 10.8. The Balaban J connectivity index is 1.90. The van der Waals surface area contributed by atoms with Crippen LogP contribution in [0.15, 0.2) is 0 Å². The van der Waals surface area contributed by atoms with E-state index in [0.717, 1.165) is 0 Å². The fraction of sp³-hybridized carbons (Fsp3) is 0.941. The fourth-order valence-corrected chi connectivity index (χ4v) is 2.46. The summed E-state index contributed by atoms with van der Waals surface area (Å²) in [4.78, 5) is 10.8. The Kier molecular flexibility index (Phi) is 14.1. The molecule has 0 radical (unpaired) electrons. The summed E-state index contributed by atoms with van der Waals surface area (Å²) in [6.45, 7) is 3.10. The first kappa shape index (κ1) is 25.9. The van der Waals surface area contributed by atoms with Crippen LogP contribution in [-0.4, -0.2) is 121 Å². The van der Waals surface area contributed by atoms with E-state index in [9.17, 15) is 15.0 Å². The highest BCUT2D eigenvalue weighted by Gasteiger charge is 2.42. The predicted octanol–water partition coefficient (Wildman–Crippen LogP) is -2.17. The number of nitrogens with one attached hydrogen (secondary N) is 1. The van der Waals surface area contributed by atoms with Crippen molar-refractivity contribution in [3.63, 3.8) is 0 Å². The highest BCUT2D eigenvalue weighted by Crippen LogP contribution is 2.20. The van der Waals surface area contributed by atoms with Crippen molar-refractivity contribution in [1.29, 1.82) is 0 Å². The van der Waals surface area contributed by atoms with Crippen LogP contribution in [0.1, 0.15) is 0 Å². The van der Waals surface area contributed by atoms with E-state index < -0.39 is 36.7 Å². The molecule has 12 nitrogen and oxygen atoms in total. The third-order valence-corrected chi connectivity index (χ3v) is 4.08. The first-order valence-electron chi connectivity index (χ1n) is 9.44. The van der Waals surface area contributed by atoms with Crippen LogP contribution < -0.4 is 11.1 Å². The molecule has 0 aliphatic carbocycles. The molecule has 0 aromatic carbocycles. The number of amides is 1. The Morgan fingerprint density at radius 3 is 2.03 bits per heavy atom. The quantitative estimate of drug-likeness (QED) is 0.211.